The van der Waals surface area contributed by atoms with E-state index in [4.69, 9.17) is 4.74 Å². The van der Waals surface area contributed by atoms with Crippen molar-refractivity contribution in [2.75, 3.05) is 26.2 Å². The number of aromatic amines is 1. The lowest BCUT2D eigenvalue weighted by molar-refractivity contribution is -0.253. The van der Waals surface area contributed by atoms with Crippen molar-refractivity contribution in [3.8, 4) is 5.75 Å². The molecule has 2 aliphatic rings. The quantitative estimate of drug-likeness (QED) is 0.513. The Hall–Kier alpha value is -3.90. The summed E-state index contributed by atoms with van der Waals surface area (Å²) in [7, 11) is 0. The number of H-pyrrole nitrogens is 1. The molecule has 2 saturated heterocycles. The Morgan fingerprint density at radius 3 is 2.28 bits per heavy atom. The van der Waals surface area contributed by atoms with Crippen LogP contribution in [-0.4, -0.2) is 75.9 Å². The zero-order valence-corrected chi connectivity index (χ0v) is 18.7. The number of likely N-dealkylation sites (tertiary alicyclic amines) is 2. The van der Waals surface area contributed by atoms with E-state index in [1.165, 1.54) is 12.1 Å². The maximum Gasteiger partial charge on any atom is 0.461 e. The highest BCUT2D eigenvalue weighted by Gasteiger charge is 2.44. The summed E-state index contributed by atoms with van der Waals surface area (Å²) in [5.74, 6) is -0.264. The van der Waals surface area contributed by atoms with Gasteiger partial charge in [-0.25, -0.2) is 4.79 Å². The minimum atomic E-state index is -4.59. The van der Waals surface area contributed by atoms with Crippen LogP contribution in [0, 0.1) is 11.8 Å². The van der Waals surface area contributed by atoms with Crippen LogP contribution >= 0.6 is 0 Å². The minimum absolute atomic E-state index is 0.0952. The molecular formula is C23H21F4N5O4. The third-order valence-corrected chi connectivity index (χ3v) is 6.39. The van der Waals surface area contributed by atoms with Crippen molar-refractivity contribution in [1.82, 2.24) is 25.2 Å². The molecule has 1 N–H and O–H groups in total. The van der Waals surface area contributed by atoms with Gasteiger partial charge in [0, 0.05) is 43.6 Å². The van der Waals surface area contributed by atoms with Crippen LogP contribution in [0.2, 0.25) is 0 Å². The van der Waals surface area contributed by atoms with Gasteiger partial charge in [0.2, 0.25) is 0 Å². The molecule has 3 heterocycles. The fourth-order valence-electron chi connectivity index (χ4n) is 4.56. The van der Waals surface area contributed by atoms with Crippen LogP contribution in [0.1, 0.15) is 15.9 Å². The molecule has 0 saturated carbocycles. The average molecular weight is 507 g/mol. The Morgan fingerprint density at radius 2 is 1.61 bits per heavy atom. The predicted octanol–water partition coefficient (Wildman–Crippen LogP) is 3.54. The molecule has 2 aromatic carbocycles. The monoisotopic (exact) mass is 507 g/mol. The van der Waals surface area contributed by atoms with Crippen LogP contribution in [0.15, 0.2) is 42.5 Å². The molecule has 2 fully saturated rings. The van der Waals surface area contributed by atoms with E-state index < -0.39 is 24.4 Å². The number of fused-ring (bicyclic) bond motifs is 2. The summed E-state index contributed by atoms with van der Waals surface area (Å²) in [6, 6.07) is 10.1. The molecule has 2 atom stereocenters. The maximum atomic E-state index is 13.0. The number of nitrogens with zero attached hydrogens (tertiary/aromatic N) is 4. The maximum absolute atomic E-state index is 13.0. The van der Waals surface area contributed by atoms with E-state index in [2.05, 4.69) is 20.1 Å². The molecule has 3 aromatic rings. The van der Waals surface area contributed by atoms with Gasteiger partial charge >= 0.3 is 18.6 Å². The fourth-order valence-corrected chi connectivity index (χ4v) is 4.56. The first-order chi connectivity index (χ1) is 17.2. The molecule has 0 aliphatic carbocycles. The van der Waals surface area contributed by atoms with Gasteiger partial charge < -0.3 is 19.3 Å². The van der Waals surface area contributed by atoms with Gasteiger partial charge in [-0.3, -0.25) is 4.79 Å². The first-order valence-electron chi connectivity index (χ1n) is 11.1. The molecule has 0 radical (unpaired) electrons. The molecule has 9 nitrogen and oxygen atoms in total. The smallest absolute Gasteiger partial charge is 0.445 e. The van der Waals surface area contributed by atoms with Crippen molar-refractivity contribution in [2.45, 2.75) is 19.1 Å². The number of rotatable bonds is 6. The van der Waals surface area contributed by atoms with Gasteiger partial charge in [-0.05, 0) is 35.9 Å². The Kier molecular flexibility index (Phi) is 6.14. The molecule has 2 amide bonds. The van der Waals surface area contributed by atoms with E-state index in [-0.39, 0.29) is 24.3 Å². The van der Waals surface area contributed by atoms with Crippen LogP contribution in [0.5, 0.6) is 5.75 Å². The topological polar surface area (TPSA) is 101 Å². The molecule has 1 aromatic heterocycles. The fraction of sp³-hybridized carbons (Fsp3) is 0.391. The van der Waals surface area contributed by atoms with Gasteiger partial charge in [0.25, 0.3) is 5.91 Å². The normalized spacial score (nSPS) is 19.7. The lowest BCUT2D eigenvalue weighted by Crippen LogP contribution is -2.35. The Balaban J connectivity index is 1.10. The van der Waals surface area contributed by atoms with Crippen molar-refractivity contribution < 1.29 is 36.6 Å². The number of nitrogens with one attached hydrogen (secondary N) is 1. The average Bonchev–Trinajstić information content (AvgIpc) is 3.57. The number of aromatic nitrogens is 3. The SMILES string of the molecule is O=C(OCc1ccc(OC(F)(F)C(F)F)cc1)N1CC2CN(C(=O)c3ccc4n[nH]nc4c3)C[C@H]2C1. The van der Waals surface area contributed by atoms with Crippen molar-refractivity contribution in [1.29, 1.82) is 0 Å². The molecule has 0 bridgehead atoms. The molecule has 1 unspecified atom stereocenters. The Labute approximate surface area is 201 Å². The summed E-state index contributed by atoms with van der Waals surface area (Å²) in [5, 5.41) is 10.5. The van der Waals surface area contributed by atoms with Crippen LogP contribution in [-0.2, 0) is 11.3 Å². The van der Waals surface area contributed by atoms with E-state index >= 15 is 0 Å². The third kappa shape index (κ3) is 4.77. The van der Waals surface area contributed by atoms with E-state index in [0.717, 1.165) is 12.1 Å². The van der Waals surface area contributed by atoms with Gasteiger partial charge in [0.15, 0.2) is 0 Å². The summed E-state index contributed by atoms with van der Waals surface area (Å²) >= 11 is 0. The van der Waals surface area contributed by atoms with Crippen LogP contribution in [0.4, 0.5) is 22.4 Å². The van der Waals surface area contributed by atoms with Crippen molar-refractivity contribution in [3.05, 3.63) is 53.6 Å². The second kappa shape index (κ2) is 9.28. The number of amides is 2. The van der Waals surface area contributed by atoms with Gasteiger partial charge in [0.1, 0.15) is 23.4 Å². The van der Waals surface area contributed by atoms with Crippen molar-refractivity contribution in [2.24, 2.45) is 11.8 Å². The molecule has 5 rings (SSSR count). The number of ether oxygens (including phenoxy) is 2. The first kappa shape index (κ1) is 23.8. The zero-order chi connectivity index (χ0) is 25.4. The molecule has 36 heavy (non-hydrogen) atoms. The number of halogens is 4. The molecule has 190 valence electrons. The van der Waals surface area contributed by atoms with Gasteiger partial charge in [0.05, 0.1) is 0 Å². The Morgan fingerprint density at radius 1 is 0.972 bits per heavy atom. The number of carbonyl (C=O) groups excluding carboxylic acids is 2. The summed E-state index contributed by atoms with van der Waals surface area (Å²) < 4.78 is 59.8. The van der Waals surface area contributed by atoms with Crippen LogP contribution in [0.3, 0.4) is 0 Å². The van der Waals surface area contributed by atoms with Gasteiger partial charge in [-0.15, -0.1) is 0 Å². The zero-order valence-electron chi connectivity index (χ0n) is 18.7. The number of hydrogen-bond acceptors (Lipinski definition) is 6. The van der Waals surface area contributed by atoms with Crippen molar-refractivity contribution >= 4 is 23.0 Å². The van der Waals surface area contributed by atoms with E-state index in [1.54, 1.807) is 28.0 Å². The van der Waals surface area contributed by atoms with Crippen molar-refractivity contribution in [3.63, 3.8) is 0 Å². The Bertz CT molecular complexity index is 1250. The predicted molar refractivity (Wildman–Crippen MR) is 117 cm³/mol. The second-order valence-electron chi connectivity index (χ2n) is 8.83. The molecular weight excluding hydrogens is 486 g/mol. The highest BCUT2D eigenvalue weighted by molar-refractivity contribution is 5.97. The number of carbonyl (C=O) groups is 2. The number of hydrogen-bond donors (Lipinski definition) is 1. The second-order valence-corrected chi connectivity index (χ2v) is 8.83. The summed E-state index contributed by atoms with van der Waals surface area (Å²) in [6.45, 7) is 1.82. The largest absolute Gasteiger partial charge is 0.461 e. The van der Waals surface area contributed by atoms with Crippen LogP contribution in [0.25, 0.3) is 11.0 Å². The van der Waals surface area contributed by atoms with E-state index in [0.29, 0.717) is 48.3 Å². The minimum Gasteiger partial charge on any atom is -0.445 e. The van der Waals surface area contributed by atoms with E-state index in [9.17, 15) is 27.2 Å². The molecule has 2 aliphatic heterocycles. The van der Waals surface area contributed by atoms with Crippen LogP contribution < -0.4 is 4.74 Å². The number of benzene rings is 2. The summed E-state index contributed by atoms with van der Waals surface area (Å²) in [4.78, 5) is 28.8. The first-order valence-corrected chi connectivity index (χ1v) is 11.1. The lowest BCUT2D eigenvalue weighted by atomic mass is 10.0. The van der Waals surface area contributed by atoms with Gasteiger partial charge in [-0.2, -0.15) is 33.0 Å². The lowest BCUT2D eigenvalue weighted by Gasteiger charge is -2.21. The third-order valence-electron chi connectivity index (χ3n) is 6.39. The van der Waals surface area contributed by atoms with E-state index in [1.807, 2.05) is 0 Å². The highest BCUT2D eigenvalue weighted by Crippen LogP contribution is 2.33. The summed E-state index contributed by atoms with van der Waals surface area (Å²) in [5.41, 5.74) is 2.30. The van der Waals surface area contributed by atoms with Gasteiger partial charge in [-0.1, -0.05) is 12.1 Å². The number of alkyl halides is 4. The highest BCUT2D eigenvalue weighted by atomic mass is 19.3. The standard InChI is InChI=1S/C23H21F4N5O4/c24-21(25)23(26,27)36-17-4-1-13(2-5-17)12-35-22(34)32-10-15-8-31(9-16(15)11-32)20(33)14-3-6-18-19(7-14)29-30-28-18/h1-7,15-16,21H,8-12H2,(H,28,29,30)/t15-,16?/m0/s1. The molecule has 0 spiro atoms. The molecule has 13 heteroatoms. The summed E-state index contributed by atoms with van der Waals surface area (Å²) in [6.07, 6.45) is -9.07.